The molecule has 1 fully saturated rings. The van der Waals surface area contributed by atoms with Crippen molar-refractivity contribution in [2.24, 2.45) is 5.92 Å². The highest BCUT2D eigenvalue weighted by molar-refractivity contribution is 5.79. The molecule has 2 heterocycles. The monoisotopic (exact) mass is 233 g/mol. The molecule has 0 aromatic carbocycles. The Balaban J connectivity index is 2.09. The van der Waals surface area contributed by atoms with Crippen LogP contribution in [0, 0.1) is 5.92 Å². The molecule has 1 saturated heterocycles. The first-order valence-corrected chi connectivity index (χ1v) is 6.00. The lowest BCUT2D eigenvalue weighted by Crippen LogP contribution is -2.34. The minimum Gasteiger partial charge on any atom is -0.344 e. The number of hydrogen-bond acceptors (Lipinski definition) is 3. The smallest absolute Gasteiger partial charge is 0.227 e. The van der Waals surface area contributed by atoms with Crippen LogP contribution >= 0.6 is 0 Å². The van der Waals surface area contributed by atoms with E-state index in [9.17, 15) is 4.79 Å². The van der Waals surface area contributed by atoms with Crippen LogP contribution < -0.4 is 0 Å². The third kappa shape index (κ3) is 3.03. The van der Waals surface area contributed by atoms with Crippen LogP contribution in [0.5, 0.6) is 0 Å². The Morgan fingerprint density at radius 1 is 1.35 bits per heavy atom. The van der Waals surface area contributed by atoms with Crippen molar-refractivity contribution in [1.29, 1.82) is 0 Å². The summed E-state index contributed by atoms with van der Waals surface area (Å²) >= 11 is 0. The first-order chi connectivity index (χ1) is 8.16. The average molecular weight is 233 g/mol. The first-order valence-electron chi connectivity index (χ1n) is 6.00. The van der Waals surface area contributed by atoms with Crippen molar-refractivity contribution in [2.75, 3.05) is 33.7 Å². The second-order valence-electron chi connectivity index (χ2n) is 4.74. The molecular formula is C13H19N3O. The van der Waals surface area contributed by atoms with E-state index < -0.39 is 0 Å². The molecule has 4 nitrogen and oxygen atoms in total. The Hall–Kier alpha value is -1.42. The van der Waals surface area contributed by atoms with Crippen LogP contribution in [0.4, 0.5) is 0 Å². The fourth-order valence-electron chi connectivity index (χ4n) is 2.21. The van der Waals surface area contributed by atoms with Gasteiger partial charge in [-0.25, -0.2) is 0 Å². The van der Waals surface area contributed by atoms with Gasteiger partial charge in [0, 0.05) is 45.0 Å². The van der Waals surface area contributed by atoms with Crippen molar-refractivity contribution in [2.45, 2.75) is 6.42 Å². The van der Waals surface area contributed by atoms with Gasteiger partial charge in [-0.3, -0.25) is 9.78 Å². The van der Waals surface area contributed by atoms with Gasteiger partial charge >= 0.3 is 0 Å². The lowest BCUT2D eigenvalue weighted by atomic mass is 10.0. The normalized spacial score (nSPS) is 22.6. The summed E-state index contributed by atoms with van der Waals surface area (Å²) in [5, 5.41) is 0. The minimum atomic E-state index is 0.0300. The molecule has 0 aliphatic carbocycles. The van der Waals surface area contributed by atoms with E-state index in [1.165, 1.54) is 0 Å². The average Bonchev–Trinajstić information content (AvgIpc) is 2.45. The zero-order valence-corrected chi connectivity index (χ0v) is 10.5. The zero-order valence-electron chi connectivity index (χ0n) is 10.5. The van der Waals surface area contributed by atoms with Crippen molar-refractivity contribution in [1.82, 2.24) is 14.8 Å². The van der Waals surface area contributed by atoms with Gasteiger partial charge < -0.3 is 9.80 Å². The molecule has 0 radical (unpaired) electrons. The van der Waals surface area contributed by atoms with Gasteiger partial charge in [0.25, 0.3) is 0 Å². The van der Waals surface area contributed by atoms with E-state index in [0.717, 1.165) is 31.7 Å². The highest BCUT2D eigenvalue weighted by Gasteiger charge is 2.27. The number of carbonyl (C=O) groups is 1. The van der Waals surface area contributed by atoms with Gasteiger partial charge in [-0.05, 0) is 19.2 Å². The Labute approximate surface area is 102 Å². The van der Waals surface area contributed by atoms with Gasteiger partial charge in [0.15, 0.2) is 0 Å². The summed E-state index contributed by atoms with van der Waals surface area (Å²) in [5.41, 5.74) is 0.995. The van der Waals surface area contributed by atoms with Crippen molar-refractivity contribution in [3.05, 3.63) is 30.1 Å². The molecule has 0 unspecified atom stereocenters. The molecule has 0 N–H and O–H groups in total. The van der Waals surface area contributed by atoms with E-state index in [-0.39, 0.29) is 11.8 Å². The molecular weight excluding hydrogens is 214 g/mol. The summed E-state index contributed by atoms with van der Waals surface area (Å²) < 4.78 is 0. The van der Waals surface area contributed by atoms with Gasteiger partial charge in [-0.2, -0.15) is 0 Å². The molecule has 2 rings (SSSR count). The summed E-state index contributed by atoms with van der Waals surface area (Å²) in [4.78, 5) is 20.5. The lowest BCUT2D eigenvalue weighted by molar-refractivity contribution is -0.133. The quantitative estimate of drug-likeness (QED) is 0.752. The number of nitrogens with zero attached hydrogens (tertiary/aromatic N) is 3. The summed E-state index contributed by atoms with van der Waals surface area (Å²) in [6, 6.07) is 5.85. The topological polar surface area (TPSA) is 36.4 Å². The number of likely N-dealkylation sites (N-methyl/N-ethyl adjacent to an activating group) is 2. The zero-order chi connectivity index (χ0) is 12.3. The van der Waals surface area contributed by atoms with Crippen LogP contribution in [0.2, 0.25) is 0 Å². The van der Waals surface area contributed by atoms with E-state index in [2.05, 4.69) is 16.9 Å². The number of carbonyl (C=O) groups excluding carboxylic acids is 1. The largest absolute Gasteiger partial charge is 0.344 e. The van der Waals surface area contributed by atoms with Crippen molar-refractivity contribution in [3.63, 3.8) is 0 Å². The molecule has 4 heteroatoms. The van der Waals surface area contributed by atoms with Crippen molar-refractivity contribution >= 4 is 5.91 Å². The molecule has 1 aromatic heterocycles. The molecule has 0 bridgehead atoms. The minimum absolute atomic E-state index is 0.0300. The van der Waals surface area contributed by atoms with Crippen LogP contribution in [0.1, 0.15) is 5.69 Å². The van der Waals surface area contributed by atoms with Crippen LogP contribution in [0.15, 0.2) is 24.4 Å². The van der Waals surface area contributed by atoms with E-state index in [1.807, 2.05) is 30.1 Å². The van der Waals surface area contributed by atoms with Gasteiger partial charge in [-0.15, -0.1) is 0 Å². The predicted octanol–water partition coefficient (Wildman–Crippen LogP) is 0.644. The fourth-order valence-corrected chi connectivity index (χ4v) is 2.21. The molecule has 0 saturated carbocycles. The fraction of sp³-hybridized carbons (Fsp3) is 0.538. The van der Waals surface area contributed by atoms with Gasteiger partial charge in [-0.1, -0.05) is 6.07 Å². The number of hydrogen-bond donors (Lipinski definition) is 0. The Morgan fingerprint density at radius 2 is 2.18 bits per heavy atom. The van der Waals surface area contributed by atoms with E-state index in [4.69, 9.17) is 0 Å². The molecule has 1 aliphatic heterocycles. The standard InChI is InChI=1S/C13H19N3O/c1-15-7-8-16(2)13(17)11(10-15)9-12-5-3-4-6-14-12/h3-6,11H,7-10H2,1-2H3/t11-/m1/s1. The third-order valence-electron chi connectivity index (χ3n) is 3.26. The number of rotatable bonds is 2. The maximum atomic E-state index is 12.2. The summed E-state index contributed by atoms with van der Waals surface area (Å²) in [5.74, 6) is 0.266. The number of pyridine rings is 1. The maximum absolute atomic E-state index is 12.2. The van der Waals surface area contributed by atoms with Gasteiger partial charge in [0.1, 0.15) is 0 Å². The van der Waals surface area contributed by atoms with Crippen LogP contribution in [-0.2, 0) is 11.2 Å². The van der Waals surface area contributed by atoms with Crippen LogP contribution in [-0.4, -0.2) is 54.4 Å². The number of aromatic nitrogens is 1. The molecule has 92 valence electrons. The molecule has 0 spiro atoms. The predicted molar refractivity (Wildman–Crippen MR) is 66.6 cm³/mol. The van der Waals surface area contributed by atoms with E-state index >= 15 is 0 Å². The maximum Gasteiger partial charge on any atom is 0.227 e. The Morgan fingerprint density at radius 3 is 2.88 bits per heavy atom. The molecule has 1 amide bonds. The van der Waals surface area contributed by atoms with Gasteiger partial charge in [0.2, 0.25) is 5.91 Å². The summed E-state index contributed by atoms with van der Waals surface area (Å²) in [6.45, 7) is 2.58. The highest BCUT2D eigenvalue weighted by atomic mass is 16.2. The third-order valence-corrected chi connectivity index (χ3v) is 3.26. The second-order valence-corrected chi connectivity index (χ2v) is 4.74. The SMILES string of the molecule is CN1CCN(C)C(=O)[C@H](Cc2ccccn2)C1. The summed E-state index contributed by atoms with van der Waals surface area (Å²) in [6.07, 6.45) is 2.51. The van der Waals surface area contributed by atoms with Crippen molar-refractivity contribution in [3.8, 4) is 0 Å². The van der Waals surface area contributed by atoms with Gasteiger partial charge in [0.05, 0.1) is 5.92 Å². The molecule has 1 aliphatic rings. The number of amides is 1. The Bertz CT molecular complexity index is 380. The van der Waals surface area contributed by atoms with E-state index in [1.54, 1.807) is 6.20 Å². The van der Waals surface area contributed by atoms with E-state index in [0.29, 0.717) is 0 Å². The molecule has 17 heavy (non-hydrogen) atoms. The van der Waals surface area contributed by atoms with Crippen LogP contribution in [0.3, 0.4) is 0 Å². The molecule has 1 aromatic rings. The second kappa shape index (κ2) is 5.27. The summed E-state index contributed by atoms with van der Waals surface area (Å²) in [7, 11) is 3.95. The first kappa shape index (κ1) is 12.0. The Kier molecular flexibility index (Phi) is 3.74. The molecule has 1 atom stereocenters. The lowest BCUT2D eigenvalue weighted by Gasteiger charge is -2.19. The highest BCUT2D eigenvalue weighted by Crippen LogP contribution is 2.13. The van der Waals surface area contributed by atoms with Crippen LogP contribution in [0.25, 0.3) is 0 Å². The van der Waals surface area contributed by atoms with Crippen molar-refractivity contribution < 1.29 is 4.79 Å².